The monoisotopic (exact) mass is 273 g/mol. The molecule has 1 saturated heterocycles. The maximum absolute atomic E-state index is 12.3. The number of carboxylic acids is 1. The van der Waals surface area contributed by atoms with E-state index >= 15 is 0 Å². The van der Waals surface area contributed by atoms with Crippen molar-refractivity contribution in [3.8, 4) is 6.07 Å². The van der Waals surface area contributed by atoms with Gasteiger partial charge in [-0.15, -0.1) is 0 Å². The van der Waals surface area contributed by atoms with Gasteiger partial charge >= 0.3 is 5.97 Å². The summed E-state index contributed by atoms with van der Waals surface area (Å²) in [7, 11) is 0. The summed E-state index contributed by atoms with van der Waals surface area (Å²) in [5, 5.41) is 17.8. The Morgan fingerprint density at radius 2 is 2.05 bits per heavy atom. The molecule has 0 bridgehead atoms. The maximum atomic E-state index is 12.3. The molecule has 1 N–H and O–H groups in total. The van der Waals surface area contributed by atoms with Gasteiger partial charge in [0.15, 0.2) is 0 Å². The van der Waals surface area contributed by atoms with E-state index in [0.29, 0.717) is 42.9 Å². The first-order chi connectivity index (χ1) is 9.52. The van der Waals surface area contributed by atoms with E-state index in [1.54, 1.807) is 17.9 Å². The molecule has 2 heterocycles. The van der Waals surface area contributed by atoms with E-state index in [-0.39, 0.29) is 11.8 Å². The fourth-order valence-corrected chi connectivity index (χ4v) is 2.29. The molecule has 0 spiro atoms. The average Bonchev–Trinajstić information content (AvgIpc) is 2.46. The van der Waals surface area contributed by atoms with Crippen LogP contribution in [-0.4, -0.2) is 40.0 Å². The van der Waals surface area contributed by atoms with Crippen LogP contribution in [-0.2, 0) is 4.79 Å². The largest absolute Gasteiger partial charge is 0.481 e. The lowest BCUT2D eigenvalue weighted by Gasteiger charge is -2.29. The lowest BCUT2D eigenvalue weighted by Crippen LogP contribution is -2.40. The number of aliphatic carboxylic acids is 1. The summed E-state index contributed by atoms with van der Waals surface area (Å²) in [4.78, 5) is 28.9. The first kappa shape index (κ1) is 14.0. The molecule has 20 heavy (non-hydrogen) atoms. The second-order valence-electron chi connectivity index (χ2n) is 4.85. The average molecular weight is 273 g/mol. The highest BCUT2D eigenvalue weighted by Crippen LogP contribution is 2.19. The van der Waals surface area contributed by atoms with Crippen molar-refractivity contribution >= 4 is 11.9 Å². The highest BCUT2D eigenvalue weighted by Gasteiger charge is 2.28. The number of hydrogen-bond donors (Lipinski definition) is 1. The van der Waals surface area contributed by atoms with Gasteiger partial charge in [-0.1, -0.05) is 0 Å². The fourth-order valence-electron chi connectivity index (χ4n) is 2.29. The summed E-state index contributed by atoms with van der Waals surface area (Å²) in [6.45, 7) is 2.54. The molecule has 1 aliphatic rings. The van der Waals surface area contributed by atoms with Gasteiger partial charge in [0.05, 0.1) is 17.2 Å². The molecule has 6 heteroatoms. The van der Waals surface area contributed by atoms with Crippen molar-refractivity contribution in [1.82, 2.24) is 9.88 Å². The lowest BCUT2D eigenvalue weighted by atomic mass is 9.97. The Balaban J connectivity index is 2.08. The zero-order valence-electron chi connectivity index (χ0n) is 11.2. The number of amides is 1. The Labute approximate surface area is 116 Å². The Hall–Kier alpha value is -2.42. The number of nitrogens with zero attached hydrogens (tertiary/aromatic N) is 3. The molecule has 0 aliphatic carbocycles. The van der Waals surface area contributed by atoms with Crippen molar-refractivity contribution in [2.75, 3.05) is 13.1 Å². The Bertz CT molecular complexity index is 584. The van der Waals surface area contributed by atoms with Gasteiger partial charge < -0.3 is 10.0 Å². The van der Waals surface area contributed by atoms with Gasteiger partial charge in [-0.2, -0.15) is 5.26 Å². The third-order valence-corrected chi connectivity index (χ3v) is 3.56. The third kappa shape index (κ3) is 2.77. The predicted octanol–water partition coefficient (Wildman–Crippen LogP) is 1.20. The molecule has 0 radical (unpaired) electrons. The number of carbonyl (C=O) groups is 2. The van der Waals surface area contributed by atoms with Crippen LogP contribution in [0.5, 0.6) is 0 Å². The standard InChI is InChI=1S/C14H15N3O3/c1-9-11(8-15)2-3-12(16-9)13(18)17-6-4-10(5-7-17)14(19)20/h2-3,10H,4-7H2,1H3,(H,19,20). The summed E-state index contributed by atoms with van der Waals surface area (Å²) < 4.78 is 0. The summed E-state index contributed by atoms with van der Waals surface area (Å²) in [5.74, 6) is -1.37. The molecule has 6 nitrogen and oxygen atoms in total. The molecule has 0 aromatic carbocycles. The number of rotatable bonds is 2. The van der Waals surface area contributed by atoms with Crippen molar-refractivity contribution in [2.45, 2.75) is 19.8 Å². The van der Waals surface area contributed by atoms with Gasteiger partial charge in [-0.05, 0) is 31.9 Å². The second-order valence-corrected chi connectivity index (χ2v) is 4.85. The SMILES string of the molecule is Cc1nc(C(=O)N2CCC(C(=O)O)CC2)ccc1C#N. The van der Waals surface area contributed by atoms with Crippen LogP contribution in [0.1, 0.15) is 34.6 Å². The van der Waals surface area contributed by atoms with Crippen LogP contribution in [0.2, 0.25) is 0 Å². The molecule has 1 amide bonds. The van der Waals surface area contributed by atoms with Crippen molar-refractivity contribution in [3.05, 3.63) is 29.1 Å². The highest BCUT2D eigenvalue weighted by atomic mass is 16.4. The van der Waals surface area contributed by atoms with Crippen LogP contribution in [0, 0.1) is 24.2 Å². The summed E-state index contributed by atoms with van der Waals surface area (Å²) in [5.41, 5.74) is 1.28. The summed E-state index contributed by atoms with van der Waals surface area (Å²) in [6, 6.07) is 5.13. The van der Waals surface area contributed by atoms with Crippen LogP contribution in [0.15, 0.2) is 12.1 Å². The Morgan fingerprint density at radius 1 is 1.40 bits per heavy atom. The van der Waals surface area contributed by atoms with Gasteiger partial charge in [0.25, 0.3) is 5.91 Å². The van der Waals surface area contributed by atoms with Gasteiger partial charge in [0, 0.05) is 13.1 Å². The van der Waals surface area contributed by atoms with Crippen molar-refractivity contribution in [3.63, 3.8) is 0 Å². The normalized spacial score (nSPS) is 15.7. The Morgan fingerprint density at radius 3 is 2.55 bits per heavy atom. The minimum absolute atomic E-state index is 0.207. The molecule has 1 aromatic rings. The molecule has 104 valence electrons. The number of carbonyl (C=O) groups excluding carboxylic acids is 1. The molecule has 0 atom stereocenters. The van der Waals surface area contributed by atoms with E-state index < -0.39 is 5.97 Å². The number of piperidine rings is 1. The van der Waals surface area contributed by atoms with Crippen molar-refractivity contribution in [1.29, 1.82) is 5.26 Å². The first-order valence-corrected chi connectivity index (χ1v) is 6.42. The van der Waals surface area contributed by atoms with Crippen LogP contribution in [0.3, 0.4) is 0 Å². The number of carboxylic acid groups (broad SMARTS) is 1. The van der Waals surface area contributed by atoms with Crippen molar-refractivity contribution < 1.29 is 14.7 Å². The van der Waals surface area contributed by atoms with Crippen molar-refractivity contribution in [2.24, 2.45) is 5.92 Å². The third-order valence-electron chi connectivity index (χ3n) is 3.56. The highest BCUT2D eigenvalue weighted by molar-refractivity contribution is 5.92. The molecule has 0 unspecified atom stereocenters. The van der Waals surface area contributed by atoms with Crippen LogP contribution >= 0.6 is 0 Å². The van der Waals surface area contributed by atoms with Gasteiger partial charge in [0.1, 0.15) is 11.8 Å². The lowest BCUT2D eigenvalue weighted by molar-refractivity contribution is -0.143. The summed E-state index contributed by atoms with van der Waals surface area (Å²) >= 11 is 0. The van der Waals surface area contributed by atoms with E-state index in [0.717, 1.165) is 0 Å². The molecule has 2 rings (SSSR count). The molecular weight excluding hydrogens is 258 g/mol. The van der Waals surface area contributed by atoms with E-state index in [2.05, 4.69) is 4.98 Å². The fraction of sp³-hybridized carbons (Fsp3) is 0.429. The minimum Gasteiger partial charge on any atom is -0.481 e. The molecule has 0 saturated carbocycles. The Kier molecular flexibility index (Phi) is 3.99. The van der Waals surface area contributed by atoms with E-state index in [1.807, 2.05) is 6.07 Å². The molecular formula is C14H15N3O3. The quantitative estimate of drug-likeness (QED) is 0.873. The van der Waals surface area contributed by atoms with Gasteiger partial charge in [0.2, 0.25) is 0 Å². The topological polar surface area (TPSA) is 94.3 Å². The van der Waals surface area contributed by atoms with Gasteiger partial charge in [-0.25, -0.2) is 4.98 Å². The minimum atomic E-state index is -0.801. The van der Waals surface area contributed by atoms with E-state index in [9.17, 15) is 9.59 Å². The number of aryl methyl sites for hydroxylation is 1. The number of pyridine rings is 1. The number of aromatic nitrogens is 1. The summed E-state index contributed by atoms with van der Waals surface area (Å²) in [6.07, 6.45) is 0.937. The zero-order valence-corrected chi connectivity index (χ0v) is 11.2. The first-order valence-electron chi connectivity index (χ1n) is 6.42. The number of hydrogen-bond acceptors (Lipinski definition) is 4. The zero-order chi connectivity index (χ0) is 14.7. The van der Waals surface area contributed by atoms with Crippen LogP contribution in [0.25, 0.3) is 0 Å². The number of likely N-dealkylation sites (tertiary alicyclic amines) is 1. The van der Waals surface area contributed by atoms with Gasteiger partial charge in [-0.3, -0.25) is 9.59 Å². The van der Waals surface area contributed by atoms with E-state index in [1.165, 1.54) is 6.07 Å². The molecule has 1 fully saturated rings. The second kappa shape index (κ2) is 5.70. The van der Waals surface area contributed by atoms with E-state index in [4.69, 9.17) is 10.4 Å². The molecule has 1 aromatic heterocycles. The maximum Gasteiger partial charge on any atom is 0.306 e. The smallest absolute Gasteiger partial charge is 0.306 e. The predicted molar refractivity (Wildman–Crippen MR) is 70.0 cm³/mol. The van der Waals surface area contributed by atoms with Crippen LogP contribution in [0.4, 0.5) is 0 Å². The van der Waals surface area contributed by atoms with Crippen LogP contribution < -0.4 is 0 Å². The molecule has 1 aliphatic heterocycles. The number of nitriles is 1.